The second kappa shape index (κ2) is 9.13. The molecule has 11 heteroatoms. The summed E-state index contributed by atoms with van der Waals surface area (Å²) in [4.78, 5) is 15.7. The number of rotatable bonds is 2. The van der Waals surface area contributed by atoms with Crippen LogP contribution in [-0.4, -0.2) is 25.7 Å². The molecule has 0 saturated heterocycles. The van der Waals surface area contributed by atoms with Crippen LogP contribution in [0.1, 0.15) is 5.56 Å². The summed E-state index contributed by atoms with van der Waals surface area (Å²) >= 11 is 4.23. The van der Waals surface area contributed by atoms with E-state index in [1.807, 2.05) is 0 Å². The third-order valence-electron chi connectivity index (χ3n) is 4.18. The number of benzene rings is 2. The first-order chi connectivity index (χ1) is 12.9. The van der Waals surface area contributed by atoms with Crippen molar-refractivity contribution in [2.75, 3.05) is 0 Å². The smallest absolute Gasteiger partial charge is 0.412 e. The molecule has 8 N–H and O–H groups in total. The van der Waals surface area contributed by atoms with Gasteiger partial charge in [0, 0.05) is 16.7 Å². The number of H-pyrrole nitrogens is 1. The van der Waals surface area contributed by atoms with Crippen LogP contribution in [0.4, 0.5) is 13.2 Å². The summed E-state index contributed by atoms with van der Waals surface area (Å²) in [6.07, 6.45) is -3.16. The van der Waals surface area contributed by atoms with Crippen molar-refractivity contribution in [3.05, 3.63) is 76.7 Å². The van der Waals surface area contributed by atoms with Crippen molar-refractivity contribution in [1.82, 2.24) is 20.9 Å². The summed E-state index contributed by atoms with van der Waals surface area (Å²) in [5, 5.41) is 4.59. The summed E-state index contributed by atoms with van der Waals surface area (Å²) < 4.78 is 41.6. The van der Waals surface area contributed by atoms with E-state index in [0.29, 0.717) is 16.8 Å². The normalized spacial score (nSPS) is 10.7. The van der Waals surface area contributed by atoms with Gasteiger partial charge in [0.15, 0.2) is 0 Å². The Hall–Kier alpha value is -3.12. The minimum atomic E-state index is -4.55. The lowest BCUT2D eigenvalue weighted by Crippen LogP contribution is -2.11. The maximum atomic E-state index is 13.5. The fourth-order valence-corrected chi connectivity index (χ4v) is 3.13. The number of para-hydroxylation sites is 1. The Morgan fingerprint density at radius 2 is 1.60 bits per heavy atom. The Kier molecular flexibility index (Phi) is 7.59. The van der Waals surface area contributed by atoms with Gasteiger partial charge in [-0.25, -0.2) is 4.68 Å². The largest absolute Gasteiger partial charge is 0.418 e. The van der Waals surface area contributed by atoms with E-state index >= 15 is 0 Å². The van der Waals surface area contributed by atoms with Gasteiger partial charge in [-0.1, -0.05) is 24.3 Å². The minimum absolute atomic E-state index is 0. The highest BCUT2D eigenvalue weighted by atomic mass is 32.1. The van der Waals surface area contributed by atoms with Gasteiger partial charge in [0.25, 0.3) is 5.56 Å². The van der Waals surface area contributed by atoms with Gasteiger partial charge < -0.3 is 22.1 Å². The lowest BCUT2D eigenvalue weighted by atomic mass is 10.1. The van der Waals surface area contributed by atoms with E-state index in [0.717, 1.165) is 15.6 Å². The average molecular weight is 440 g/mol. The van der Waals surface area contributed by atoms with E-state index in [9.17, 15) is 18.0 Å². The number of aromatic amines is 1. The lowest BCUT2D eigenvalue weighted by Gasteiger charge is -2.13. The second-order valence-electron chi connectivity index (χ2n) is 5.89. The Bertz CT molecular complexity index is 1200. The van der Waals surface area contributed by atoms with Crippen LogP contribution in [0, 0.1) is 0 Å². The quantitative estimate of drug-likeness (QED) is 0.411. The maximum Gasteiger partial charge on any atom is 0.418 e. The van der Waals surface area contributed by atoms with Gasteiger partial charge in [-0.05, 0) is 30.3 Å². The van der Waals surface area contributed by atoms with Crippen LogP contribution in [0.3, 0.4) is 0 Å². The molecule has 0 unspecified atom stereocenters. The molecule has 2 heterocycles. The number of thiol groups is 1. The monoisotopic (exact) mass is 440 g/mol. The van der Waals surface area contributed by atoms with Crippen molar-refractivity contribution < 1.29 is 24.1 Å². The van der Waals surface area contributed by atoms with Gasteiger partial charge in [-0.2, -0.15) is 18.3 Å². The highest BCUT2D eigenvalue weighted by molar-refractivity contribution is 7.80. The fraction of sp³-hybridized carbons (Fsp3) is 0.0526. The van der Waals surface area contributed by atoms with Crippen molar-refractivity contribution in [1.29, 1.82) is 0 Å². The van der Waals surface area contributed by atoms with E-state index in [-0.39, 0.29) is 28.2 Å². The molecule has 0 bridgehead atoms. The molecular weight excluding hydrogens is 421 g/mol. The van der Waals surface area contributed by atoms with E-state index < -0.39 is 17.3 Å². The Labute approximate surface area is 173 Å². The van der Waals surface area contributed by atoms with Gasteiger partial charge in [0.05, 0.1) is 22.2 Å². The number of hydrogen-bond donors (Lipinski definition) is 3. The van der Waals surface area contributed by atoms with Crippen molar-refractivity contribution in [2.45, 2.75) is 11.1 Å². The van der Waals surface area contributed by atoms with E-state index in [4.69, 9.17) is 0 Å². The van der Waals surface area contributed by atoms with Crippen molar-refractivity contribution in [3.63, 3.8) is 0 Å². The molecule has 0 fully saturated rings. The molecule has 0 aliphatic rings. The molecule has 0 aliphatic heterocycles. The zero-order valence-electron chi connectivity index (χ0n) is 15.4. The number of fused-ring (bicyclic) bond motifs is 1. The maximum absolute atomic E-state index is 13.5. The third kappa shape index (κ3) is 4.24. The van der Waals surface area contributed by atoms with Gasteiger partial charge in [0.2, 0.25) is 0 Å². The summed E-state index contributed by atoms with van der Waals surface area (Å²) in [5.74, 6) is 0. The topological polar surface area (TPSA) is 149 Å². The van der Waals surface area contributed by atoms with Crippen LogP contribution >= 0.6 is 12.6 Å². The lowest BCUT2D eigenvalue weighted by molar-refractivity contribution is -0.137. The Morgan fingerprint density at radius 1 is 0.967 bits per heavy atom. The number of aromatic nitrogens is 3. The van der Waals surface area contributed by atoms with E-state index in [1.54, 1.807) is 24.3 Å². The molecule has 4 rings (SSSR count). The molecule has 0 amide bonds. The summed E-state index contributed by atoms with van der Waals surface area (Å²) in [5.41, 5.74) is -0.187. The second-order valence-corrected chi connectivity index (χ2v) is 6.41. The van der Waals surface area contributed by atoms with Crippen molar-refractivity contribution in [3.8, 4) is 16.9 Å². The van der Waals surface area contributed by atoms with Crippen LogP contribution in [0.15, 0.2) is 70.5 Å². The zero-order valence-corrected chi connectivity index (χ0v) is 16.3. The van der Waals surface area contributed by atoms with Gasteiger partial charge >= 0.3 is 6.18 Å². The SMILES string of the molecule is N.O.O.O=c1[nH]ccc2c1c(-c1ccc(S)cc1)nn2-c1ccccc1C(F)(F)F. The first-order valence-corrected chi connectivity index (χ1v) is 8.37. The molecule has 4 aromatic rings. The highest BCUT2D eigenvalue weighted by Gasteiger charge is 2.34. The Morgan fingerprint density at radius 3 is 2.23 bits per heavy atom. The predicted molar refractivity (Wildman–Crippen MR) is 112 cm³/mol. The molecule has 160 valence electrons. The van der Waals surface area contributed by atoms with Crippen LogP contribution < -0.4 is 11.7 Å². The van der Waals surface area contributed by atoms with Crippen LogP contribution in [0.5, 0.6) is 0 Å². The van der Waals surface area contributed by atoms with Gasteiger partial charge in [-0.3, -0.25) is 4.79 Å². The molecule has 0 atom stereocenters. The van der Waals surface area contributed by atoms with E-state index in [2.05, 4.69) is 22.7 Å². The van der Waals surface area contributed by atoms with Crippen LogP contribution in [-0.2, 0) is 6.18 Å². The number of halogens is 3. The predicted octanol–water partition coefficient (Wildman–Crippen LogP) is 3.20. The van der Waals surface area contributed by atoms with Gasteiger partial charge in [-0.15, -0.1) is 12.6 Å². The number of alkyl halides is 3. The molecule has 2 aromatic heterocycles. The zero-order chi connectivity index (χ0) is 19.2. The van der Waals surface area contributed by atoms with Gasteiger partial charge in [0.1, 0.15) is 5.69 Å². The number of hydrogen-bond acceptors (Lipinski definition) is 4. The average Bonchev–Trinajstić information content (AvgIpc) is 3.02. The minimum Gasteiger partial charge on any atom is -0.412 e. The number of nitrogens with zero attached hydrogens (tertiary/aromatic N) is 2. The molecule has 0 radical (unpaired) electrons. The molecule has 7 nitrogen and oxygen atoms in total. The highest BCUT2D eigenvalue weighted by Crippen LogP contribution is 2.36. The molecule has 30 heavy (non-hydrogen) atoms. The molecule has 0 saturated carbocycles. The van der Waals surface area contributed by atoms with E-state index in [1.165, 1.54) is 30.5 Å². The summed E-state index contributed by atoms with van der Waals surface area (Å²) in [6, 6.07) is 13.6. The summed E-state index contributed by atoms with van der Waals surface area (Å²) in [7, 11) is 0. The molecule has 0 aliphatic carbocycles. The fourth-order valence-electron chi connectivity index (χ4n) is 2.98. The van der Waals surface area contributed by atoms with Crippen molar-refractivity contribution >= 4 is 23.5 Å². The van der Waals surface area contributed by atoms with Crippen LogP contribution in [0.25, 0.3) is 27.8 Å². The van der Waals surface area contributed by atoms with Crippen LogP contribution in [0.2, 0.25) is 0 Å². The molecular formula is C19H19F3N4O3S. The first-order valence-electron chi connectivity index (χ1n) is 7.92. The third-order valence-corrected chi connectivity index (χ3v) is 4.48. The first kappa shape index (κ1) is 24.9. The van der Waals surface area contributed by atoms with Crippen molar-refractivity contribution in [2.24, 2.45) is 0 Å². The standard InChI is InChI=1S/C19H12F3N3OS.H3N.2H2O/c20-19(21,22)13-3-1-2-4-14(13)25-15-9-10-23-18(26)16(15)17(24-25)11-5-7-12(27)8-6-11;;;/h1-10,27H,(H,23,26);1H3;2*1H2. The summed E-state index contributed by atoms with van der Waals surface area (Å²) in [6.45, 7) is 0. The molecule has 2 aromatic carbocycles. The number of pyridine rings is 1. The molecule has 0 spiro atoms. The number of nitrogens with one attached hydrogen (secondary N) is 1. The Balaban J connectivity index is 0.00000150.